The zero-order valence-corrected chi connectivity index (χ0v) is 73.6. The number of aliphatic imine (C=N–C) groups is 2. The molecule has 0 bridgehead atoms. The Bertz CT molecular complexity index is 5490. The number of terminal acetylenes is 1. The first-order valence-corrected chi connectivity index (χ1v) is 41.5. The maximum absolute atomic E-state index is 13.7. The van der Waals surface area contributed by atoms with E-state index in [0.717, 1.165) is 190 Å². The molecule has 0 radical (unpaired) electrons. The van der Waals surface area contributed by atoms with Gasteiger partial charge in [0.05, 0.1) is 84.0 Å². The van der Waals surface area contributed by atoms with E-state index in [-0.39, 0.29) is 87.3 Å². The second kappa shape index (κ2) is 50.2. The molecule has 0 spiro atoms. The molecule has 3 saturated heterocycles. The van der Waals surface area contributed by atoms with Crippen molar-refractivity contribution in [1.82, 2.24) is 54.0 Å². The number of Topliss-reactive ketones (excluding diaryl/α,β-unsaturated/α-hetero) is 2. The molecule has 3 fully saturated rings. The van der Waals surface area contributed by atoms with Crippen LogP contribution >= 0.6 is 0 Å². The van der Waals surface area contributed by atoms with Crippen LogP contribution in [0.4, 0.5) is 29.3 Å². The summed E-state index contributed by atoms with van der Waals surface area (Å²) in [5.41, 5.74) is 22.8. The minimum atomic E-state index is -1.00. The van der Waals surface area contributed by atoms with Crippen molar-refractivity contribution in [2.45, 2.75) is 197 Å². The summed E-state index contributed by atoms with van der Waals surface area (Å²) in [7, 11) is -1.00. The number of aryl methyl sites for hydroxylation is 6. The third-order valence-electron chi connectivity index (χ3n) is 21.8. The first kappa shape index (κ1) is 99.5. The first-order valence-electron chi connectivity index (χ1n) is 42.2. The van der Waals surface area contributed by atoms with Crippen LogP contribution < -0.4 is 33.0 Å². The van der Waals surface area contributed by atoms with Gasteiger partial charge in [0.1, 0.15) is 23.5 Å². The van der Waals surface area contributed by atoms with Gasteiger partial charge in [-0.05, 0) is 248 Å². The number of halogens is 3. The Morgan fingerprint density at radius 2 is 0.935 bits per heavy atom. The number of hydrogen-bond donors (Lipinski definition) is 3. The van der Waals surface area contributed by atoms with Crippen LogP contribution in [0, 0.1) is 45.3 Å². The van der Waals surface area contributed by atoms with Crippen molar-refractivity contribution in [2.75, 3.05) is 66.1 Å². The number of hydrogen-bond acceptors (Lipinski definition) is 18. The van der Waals surface area contributed by atoms with Gasteiger partial charge < -0.3 is 56.9 Å². The number of alkyl carbamates (subject to hydrolysis) is 1. The van der Waals surface area contributed by atoms with Gasteiger partial charge in [0.15, 0.2) is 11.6 Å². The van der Waals surface area contributed by atoms with Gasteiger partial charge in [0.25, 0.3) is 16.7 Å². The van der Waals surface area contributed by atoms with Crippen molar-refractivity contribution >= 4 is 80.9 Å². The van der Waals surface area contributed by atoms with Gasteiger partial charge in [-0.15, -0.1) is 6.42 Å². The molecule has 0 saturated carbocycles. The molecule has 5 aliphatic rings. The van der Waals surface area contributed by atoms with Gasteiger partial charge >= 0.3 is 6.09 Å². The molecule has 0 atom stereocenters. The van der Waals surface area contributed by atoms with Crippen molar-refractivity contribution in [2.24, 2.45) is 15.7 Å². The minimum absolute atomic E-state index is 0. The predicted molar refractivity (Wildman–Crippen MR) is 487 cm³/mol. The number of nitrogens with one attached hydrogen (secondary N) is 2. The van der Waals surface area contributed by atoms with E-state index in [2.05, 4.69) is 132 Å². The molecule has 660 valence electrons. The van der Waals surface area contributed by atoms with Crippen LogP contribution in [0.5, 0.6) is 0 Å². The fraction of sp³-hybridized carbons (Fsp3) is 0.412. The van der Waals surface area contributed by atoms with Gasteiger partial charge in [0.2, 0.25) is 0 Å². The summed E-state index contributed by atoms with van der Waals surface area (Å²) in [5, 5.41) is 6.53. The number of aromatic nitrogens is 6. The summed E-state index contributed by atoms with van der Waals surface area (Å²) in [6.07, 6.45) is 23.3. The Labute approximate surface area is 737 Å². The van der Waals surface area contributed by atoms with E-state index < -0.39 is 12.8 Å². The number of nitrogens with two attached hydrogens (primary N) is 1. The quantitative estimate of drug-likeness (QED) is 0.0312. The van der Waals surface area contributed by atoms with Crippen molar-refractivity contribution in [3.8, 4) is 12.3 Å². The Hall–Kier alpha value is -10.6. The van der Waals surface area contributed by atoms with E-state index >= 15 is 0 Å². The fourth-order valence-corrected chi connectivity index (χ4v) is 14.5. The Morgan fingerprint density at radius 3 is 1.34 bits per heavy atom. The van der Waals surface area contributed by atoms with E-state index in [1.54, 1.807) is 32.0 Å². The van der Waals surface area contributed by atoms with E-state index in [1.165, 1.54) is 59.3 Å². The number of carbonyl (C=O) groups excluding carboxylic acids is 4. The van der Waals surface area contributed by atoms with Crippen LogP contribution in [-0.2, 0) is 99.5 Å². The summed E-state index contributed by atoms with van der Waals surface area (Å²) in [5.74, 6) is 2.19. The molecule has 5 aliphatic heterocycles. The standard InChI is InChI=1S/C25H31FN4O.C22H32N4O3.C17H24N4O.C11H11NO.C11H7NO.C8H7FO.CH3F.CH4.CH3.Pd/c1-3-19-6-7-23-24(15-19)30(25(31)17-28-23)13-12-29-10-8-21(9-11-29)27-16-20-5-4-18(2)22(26)14-20;1-5-16-6-7-18-19(14-16)26(20(27)15-23-18)13-12-25-10-8-17(9-11-25)24-21(28)29-22(2,3)4;1-2-13-3-4-15-16(11-13)21(17(22)12-19-15)10-9-20-7-5-14(18)6-8-20;2*1-2-8-3-4-11-9(5-8)6-10(13)7-12-11;1-6-2-3-7(5-10)4-8(6)9;1-2;;;/h4-7,14-15,17,21,27H,3,8-13,16H2,1-2H3;6-7,14-15,17H,5,8-13H2,1-4H3,(H,24,28);3-4,11-12,14H,2,5-10,18H2,1H3;3-5,7H,2,6H2,1H3;1,3-5,7H,6H2;2-5H,1H3;1H3;1H4;1H3;/q;;;;;;;;-1;/i;;;;;;1D;;;. The average molecular weight is 1780 g/mol. The molecule has 123 heavy (non-hydrogen) atoms. The Kier molecular flexibility index (Phi) is 40.6. The molecule has 1 amide bonds. The average Bonchev–Trinajstić information content (AvgIpc) is 0.826. The van der Waals surface area contributed by atoms with Crippen LogP contribution in [-0.4, -0.2) is 170 Å². The molecule has 15 rings (SSSR count). The molecular formula is C97H122F3N14O8Pd-. The topological polar surface area (TPSA) is 267 Å². The summed E-state index contributed by atoms with van der Waals surface area (Å²) in [4.78, 5) is 109. The van der Waals surface area contributed by atoms with Gasteiger partial charge in [-0.2, -0.15) is 0 Å². The van der Waals surface area contributed by atoms with Crippen LogP contribution in [0.25, 0.3) is 33.1 Å². The third-order valence-corrected chi connectivity index (χ3v) is 21.8. The fourth-order valence-electron chi connectivity index (χ4n) is 14.5. The molecular weight excluding hydrogens is 1650 g/mol. The second-order valence-corrected chi connectivity index (χ2v) is 31.5. The summed E-state index contributed by atoms with van der Waals surface area (Å²) in [6.45, 7) is 28.6. The van der Waals surface area contributed by atoms with E-state index in [1.807, 2.05) is 89.1 Å². The number of likely N-dealkylation sites (tertiary alicyclic amines) is 3. The van der Waals surface area contributed by atoms with Crippen LogP contribution in [0.15, 0.2) is 170 Å². The van der Waals surface area contributed by atoms with Gasteiger partial charge in [-0.1, -0.05) is 95.6 Å². The molecule has 3 aromatic heterocycles. The zero-order chi connectivity index (χ0) is 87.1. The number of aldehydes is 1. The van der Waals surface area contributed by atoms with E-state index in [4.69, 9.17) is 18.3 Å². The van der Waals surface area contributed by atoms with Crippen LogP contribution in [0.3, 0.4) is 0 Å². The molecule has 0 aliphatic carbocycles. The number of nitrogens with zero attached hydrogens (tertiary/aromatic N) is 11. The number of amides is 1. The Morgan fingerprint density at radius 1 is 0.553 bits per heavy atom. The molecule has 22 nitrogen and oxygen atoms in total. The van der Waals surface area contributed by atoms with Gasteiger partial charge in [0, 0.05) is 121 Å². The number of fused-ring (bicyclic) bond motifs is 5. The van der Waals surface area contributed by atoms with Crippen molar-refractivity contribution in [3.05, 3.63) is 257 Å². The SMILES string of the molecule is C.C#Cc1ccc2c(c1)CC(=O)C=N2.CCc1ccc2c(c1)CC(=O)C=N2.CCc1ccc2ncc(=O)n(CCN3CCC(N)CC3)c2c1.CCc1ccc2ncc(=O)n(CCN3CCC(NC(=O)OC(C)(C)C)CC3)c2c1.CCc1ccc2ncc(=O)n(CCN3CCC(NCc4ccc(C)c(F)c4)CC3)c2c1.Cc1ccc(C=O)cc1F.[2H]CF.[CH3-].[Pd]. The summed E-state index contributed by atoms with van der Waals surface area (Å²) >= 11 is 0. The zero-order valence-electron chi connectivity index (χ0n) is 73.0. The number of ether oxygens (including phenoxy) is 1. The third kappa shape index (κ3) is 30.7. The molecule has 26 heteroatoms. The predicted octanol–water partition coefficient (Wildman–Crippen LogP) is 15.2. The smallest absolute Gasteiger partial charge is 0.407 e. The van der Waals surface area contributed by atoms with Crippen molar-refractivity contribution in [1.29, 1.82) is 0 Å². The number of carbonyl (C=O) groups is 4. The molecule has 7 aromatic carbocycles. The van der Waals surface area contributed by atoms with Crippen LogP contribution in [0.1, 0.15) is 162 Å². The van der Waals surface area contributed by atoms with E-state index in [9.17, 15) is 46.7 Å². The monoisotopic (exact) mass is 1770 g/mol. The minimum Gasteiger partial charge on any atom is -0.444 e. The molecule has 0 unspecified atom stereocenters. The number of alkyl halides is 1. The largest absolute Gasteiger partial charge is 0.444 e. The molecule has 4 N–H and O–H groups in total. The number of rotatable bonds is 18. The number of benzene rings is 7. The number of piperidine rings is 3. The Balaban J connectivity index is 0.000000237. The van der Waals surface area contributed by atoms with Gasteiger partial charge in [-0.25, -0.2) is 28.5 Å². The van der Waals surface area contributed by atoms with Gasteiger partial charge in [-0.3, -0.25) is 43.1 Å². The van der Waals surface area contributed by atoms with Crippen molar-refractivity contribution in [3.63, 3.8) is 0 Å². The molecule has 8 heterocycles. The van der Waals surface area contributed by atoms with E-state index in [0.29, 0.717) is 74.1 Å². The summed E-state index contributed by atoms with van der Waals surface area (Å²) in [6, 6.07) is 40.8. The van der Waals surface area contributed by atoms with Crippen molar-refractivity contribution < 1.29 is 58.9 Å². The maximum Gasteiger partial charge on any atom is 0.407 e. The normalized spacial score (nSPS) is 14.7. The maximum atomic E-state index is 13.7. The second-order valence-electron chi connectivity index (χ2n) is 31.5. The first-order chi connectivity index (χ1) is 58.2. The van der Waals surface area contributed by atoms with Crippen LogP contribution in [0.2, 0.25) is 0 Å². The number of ketones is 2. The summed E-state index contributed by atoms with van der Waals surface area (Å²) < 4.78 is 52.7. The molecule has 10 aromatic rings.